The van der Waals surface area contributed by atoms with Crippen LogP contribution in [-0.4, -0.2) is 23.3 Å². The number of nitrogens with zero attached hydrogens (tertiary/aromatic N) is 1. The third-order valence-corrected chi connectivity index (χ3v) is 4.10. The number of hydrogen-bond acceptors (Lipinski definition) is 4. The van der Waals surface area contributed by atoms with Gasteiger partial charge >= 0.3 is 7.12 Å². The summed E-state index contributed by atoms with van der Waals surface area (Å²) in [6, 6.07) is 1.91. The molecule has 1 aromatic rings. The van der Waals surface area contributed by atoms with E-state index in [1.165, 1.54) is 0 Å². The third kappa shape index (κ3) is 2.55. The van der Waals surface area contributed by atoms with Crippen LogP contribution in [0.3, 0.4) is 0 Å². The molecule has 1 unspecified atom stereocenters. The van der Waals surface area contributed by atoms with Crippen molar-refractivity contribution >= 4 is 12.6 Å². The van der Waals surface area contributed by atoms with E-state index in [-0.39, 0.29) is 24.4 Å². The van der Waals surface area contributed by atoms with Crippen molar-refractivity contribution in [2.75, 3.05) is 0 Å². The zero-order chi connectivity index (χ0) is 14.4. The molecule has 1 aromatic heterocycles. The fraction of sp³-hybridized carbons (Fsp3) is 0.643. The summed E-state index contributed by atoms with van der Waals surface area (Å²) in [7, 11) is -0.382. The van der Waals surface area contributed by atoms with Gasteiger partial charge < -0.3 is 15.0 Å². The van der Waals surface area contributed by atoms with Gasteiger partial charge in [-0.3, -0.25) is 4.98 Å². The summed E-state index contributed by atoms with van der Waals surface area (Å²) in [6.45, 7) is 12.1. The van der Waals surface area contributed by atoms with E-state index < -0.39 is 0 Å². The molecule has 0 amide bonds. The largest absolute Gasteiger partial charge is 0.495 e. The Balaban J connectivity index is 2.41. The Hall–Kier alpha value is -0.905. The molecule has 2 N–H and O–H groups in total. The molecule has 1 aliphatic rings. The standard InChI is InChI=1S/C14H23BN2O2/c1-9-7-12(11(8-17-9)10(2)16)15-18-13(3,4)14(5,6)19-15/h7-8,10H,16H2,1-6H3. The van der Waals surface area contributed by atoms with Gasteiger partial charge in [0.25, 0.3) is 0 Å². The Labute approximate surface area is 115 Å². The van der Waals surface area contributed by atoms with E-state index in [1.807, 2.05) is 53.8 Å². The lowest BCUT2D eigenvalue weighted by Gasteiger charge is -2.32. The first-order valence-corrected chi connectivity index (χ1v) is 6.72. The van der Waals surface area contributed by atoms with E-state index in [4.69, 9.17) is 15.0 Å². The molecule has 19 heavy (non-hydrogen) atoms. The Morgan fingerprint density at radius 3 is 2.21 bits per heavy atom. The molecule has 1 saturated heterocycles. The van der Waals surface area contributed by atoms with E-state index >= 15 is 0 Å². The van der Waals surface area contributed by atoms with Gasteiger partial charge in [-0.2, -0.15) is 0 Å². The van der Waals surface area contributed by atoms with E-state index in [1.54, 1.807) is 0 Å². The third-order valence-electron chi connectivity index (χ3n) is 4.10. The summed E-state index contributed by atoms with van der Waals surface area (Å²) in [5.41, 5.74) is 8.23. The molecule has 104 valence electrons. The van der Waals surface area contributed by atoms with Crippen molar-refractivity contribution in [3.63, 3.8) is 0 Å². The first-order chi connectivity index (χ1) is 8.64. The molecule has 2 heterocycles. The smallest absolute Gasteiger partial charge is 0.399 e. The molecule has 0 bridgehead atoms. The van der Waals surface area contributed by atoms with Crippen LogP contribution < -0.4 is 11.2 Å². The summed E-state index contributed by atoms with van der Waals surface area (Å²) >= 11 is 0. The highest BCUT2D eigenvalue weighted by Gasteiger charge is 2.52. The Kier molecular flexibility index (Phi) is 3.50. The van der Waals surface area contributed by atoms with Gasteiger partial charge in [0.1, 0.15) is 0 Å². The van der Waals surface area contributed by atoms with Gasteiger partial charge in [0.2, 0.25) is 0 Å². The summed E-state index contributed by atoms with van der Waals surface area (Å²) in [5, 5.41) is 0. The highest BCUT2D eigenvalue weighted by molar-refractivity contribution is 6.62. The molecule has 1 atom stereocenters. The Morgan fingerprint density at radius 1 is 1.21 bits per heavy atom. The molecule has 0 radical (unpaired) electrons. The minimum absolute atomic E-state index is 0.0953. The van der Waals surface area contributed by atoms with E-state index in [9.17, 15) is 0 Å². The summed E-state index contributed by atoms with van der Waals surface area (Å²) in [5.74, 6) is 0. The molecule has 0 aromatic carbocycles. The number of aromatic nitrogens is 1. The monoisotopic (exact) mass is 262 g/mol. The molecule has 2 rings (SSSR count). The quantitative estimate of drug-likeness (QED) is 0.824. The molecule has 1 aliphatic heterocycles. The van der Waals surface area contributed by atoms with Crippen molar-refractivity contribution in [1.82, 2.24) is 4.98 Å². The van der Waals surface area contributed by atoms with Crippen LogP contribution in [0.25, 0.3) is 0 Å². The van der Waals surface area contributed by atoms with Crippen LogP contribution in [0.2, 0.25) is 0 Å². The van der Waals surface area contributed by atoms with Gasteiger partial charge in [0, 0.05) is 17.9 Å². The molecule has 0 spiro atoms. The van der Waals surface area contributed by atoms with E-state index in [2.05, 4.69) is 4.98 Å². The zero-order valence-corrected chi connectivity index (χ0v) is 12.7. The number of hydrogen-bond donors (Lipinski definition) is 1. The Bertz CT molecular complexity index is 470. The lowest BCUT2D eigenvalue weighted by atomic mass is 9.75. The number of rotatable bonds is 2. The summed E-state index contributed by atoms with van der Waals surface area (Å²) in [4.78, 5) is 4.31. The second kappa shape index (κ2) is 4.58. The molecule has 0 saturated carbocycles. The van der Waals surface area contributed by atoms with Gasteiger partial charge in [-0.1, -0.05) is 0 Å². The van der Waals surface area contributed by atoms with E-state index in [0.717, 1.165) is 16.7 Å². The van der Waals surface area contributed by atoms with Crippen LogP contribution in [0.1, 0.15) is 51.9 Å². The van der Waals surface area contributed by atoms with Crippen molar-refractivity contribution < 1.29 is 9.31 Å². The molecule has 4 nitrogen and oxygen atoms in total. The van der Waals surface area contributed by atoms with Crippen LogP contribution in [0.15, 0.2) is 12.3 Å². The molecule has 1 fully saturated rings. The highest BCUT2D eigenvalue weighted by Crippen LogP contribution is 2.36. The number of nitrogens with two attached hydrogens (primary N) is 1. The molecular formula is C14H23BN2O2. The maximum atomic E-state index is 6.09. The van der Waals surface area contributed by atoms with Crippen molar-refractivity contribution in [1.29, 1.82) is 0 Å². The van der Waals surface area contributed by atoms with Gasteiger partial charge in [0.15, 0.2) is 0 Å². The Morgan fingerprint density at radius 2 is 1.74 bits per heavy atom. The fourth-order valence-electron chi connectivity index (χ4n) is 2.15. The fourth-order valence-corrected chi connectivity index (χ4v) is 2.15. The predicted octanol–water partition coefficient (Wildman–Crippen LogP) is 1.71. The number of aryl methyl sites for hydroxylation is 1. The van der Waals surface area contributed by atoms with Crippen molar-refractivity contribution in [3.8, 4) is 0 Å². The summed E-state index contributed by atoms with van der Waals surface area (Å²) in [6.07, 6.45) is 1.82. The zero-order valence-electron chi connectivity index (χ0n) is 12.7. The second-order valence-corrected chi connectivity index (χ2v) is 6.33. The van der Waals surface area contributed by atoms with Crippen molar-refractivity contribution in [2.45, 2.75) is 58.8 Å². The minimum Gasteiger partial charge on any atom is -0.399 e. The van der Waals surface area contributed by atoms with Crippen LogP contribution in [0.5, 0.6) is 0 Å². The minimum atomic E-state index is -0.382. The van der Waals surface area contributed by atoms with Crippen LogP contribution in [0.4, 0.5) is 0 Å². The topological polar surface area (TPSA) is 57.4 Å². The molecular weight excluding hydrogens is 239 g/mol. The second-order valence-electron chi connectivity index (χ2n) is 6.33. The van der Waals surface area contributed by atoms with Crippen molar-refractivity contribution in [3.05, 3.63) is 23.5 Å². The van der Waals surface area contributed by atoms with Gasteiger partial charge in [-0.15, -0.1) is 0 Å². The van der Waals surface area contributed by atoms with Gasteiger partial charge in [-0.05, 0) is 58.6 Å². The van der Waals surface area contributed by atoms with Crippen LogP contribution >= 0.6 is 0 Å². The summed E-state index contributed by atoms with van der Waals surface area (Å²) < 4.78 is 12.2. The number of pyridine rings is 1. The molecule has 0 aliphatic carbocycles. The van der Waals surface area contributed by atoms with E-state index in [0.29, 0.717) is 0 Å². The first-order valence-electron chi connectivity index (χ1n) is 6.72. The lowest BCUT2D eigenvalue weighted by Crippen LogP contribution is -2.41. The van der Waals surface area contributed by atoms with Crippen molar-refractivity contribution in [2.24, 2.45) is 5.73 Å². The lowest BCUT2D eigenvalue weighted by molar-refractivity contribution is 0.00578. The van der Waals surface area contributed by atoms with Crippen LogP contribution in [-0.2, 0) is 9.31 Å². The average Bonchev–Trinajstić information content (AvgIpc) is 2.47. The average molecular weight is 262 g/mol. The predicted molar refractivity (Wildman–Crippen MR) is 77.3 cm³/mol. The highest BCUT2D eigenvalue weighted by atomic mass is 16.7. The maximum Gasteiger partial charge on any atom is 0.495 e. The molecule has 5 heteroatoms. The SMILES string of the molecule is Cc1cc(B2OC(C)(C)C(C)(C)O2)c(C(C)N)cn1. The first kappa shape index (κ1) is 14.5. The van der Waals surface area contributed by atoms with Gasteiger partial charge in [0.05, 0.1) is 11.2 Å². The van der Waals surface area contributed by atoms with Crippen LogP contribution in [0, 0.1) is 6.92 Å². The van der Waals surface area contributed by atoms with Gasteiger partial charge in [-0.25, -0.2) is 0 Å². The normalized spacial score (nSPS) is 22.6. The maximum absolute atomic E-state index is 6.09.